The zero-order chi connectivity index (χ0) is 32.4. The lowest BCUT2D eigenvalue weighted by Gasteiger charge is -2.41. The van der Waals surface area contributed by atoms with Crippen LogP contribution in [-0.2, 0) is 10.0 Å². The average Bonchev–Trinajstić information content (AvgIpc) is 3.41. The van der Waals surface area contributed by atoms with Crippen LogP contribution in [0.15, 0.2) is 43.0 Å². The summed E-state index contributed by atoms with van der Waals surface area (Å²) >= 11 is 0. The van der Waals surface area contributed by atoms with Crippen molar-refractivity contribution in [2.45, 2.75) is 29.2 Å². The molecular weight excluding hydrogens is 566 g/mol. The molecule has 0 amide bonds. The molecule has 220 valence electrons. The van der Waals surface area contributed by atoms with Gasteiger partial charge >= 0.3 is 0 Å². The number of nitrogens with two attached hydrogens (primary N) is 2. The second-order valence-electron chi connectivity index (χ2n) is 10.6. The van der Waals surface area contributed by atoms with Gasteiger partial charge in [-0.3, -0.25) is 4.98 Å². The molecule has 11 nitrogen and oxygen atoms in total. The van der Waals surface area contributed by atoms with Gasteiger partial charge in [-0.2, -0.15) is 0 Å². The normalized spacial score (nSPS) is 17.2. The monoisotopic (exact) mass is 594 g/mol. The standard InChI is InChI=1S/C25H21B4F2N7O3.C2H7N/c26-24(27,20-10-36-22-21(32)34-3-5-38(20)22)14-7-17(13-6-16(31)19(8-15(13)30)41-25(28,29)40)35-9-18(14)37-4-1-2-23(33,11-37)12-39;1-3-2/h3,5-10,12,40H,1-2,4,11,33H2,(H2,32,34);3H,1-2H3. The second-order valence-corrected chi connectivity index (χ2v) is 10.6. The second kappa shape index (κ2) is 12.6. The number of aldehydes is 1. The Kier molecular flexibility index (Phi) is 9.43. The maximum Gasteiger partial charge on any atom is 0.180 e. The van der Waals surface area contributed by atoms with Crippen LogP contribution < -0.4 is 26.4 Å². The summed E-state index contributed by atoms with van der Waals surface area (Å²) < 4.78 is 36.3. The van der Waals surface area contributed by atoms with Gasteiger partial charge in [0.1, 0.15) is 17.7 Å². The van der Waals surface area contributed by atoms with Crippen molar-refractivity contribution in [1.29, 1.82) is 0 Å². The van der Waals surface area contributed by atoms with E-state index in [1.807, 2.05) is 19.0 Å². The summed E-state index contributed by atoms with van der Waals surface area (Å²) in [5.74, 6) is -2.62. The molecule has 1 aromatic carbocycles. The summed E-state index contributed by atoms with van der Waals surface area (Å²) in [4.78, 5) is 26.2. The van der Waals surface area contributed by atoms with E-state index < -0.39 is 33.7 Å². The third kappa shape index (κ3) is 6.74. The number of ether oxygens (including phenoxy) is 1. The molecule has 5 rings (SSSR count). The topological polar surface area (TPSA) is 157 Å². The van der Waals surface area contributed by atoms with Crippen LogP contribution in [0.2, 0.25) is 0 Å². The number of benzene rings is 1. The number of piperidine rings is 1. The molecular formula is C27H28B4F2N8O3. The molecule has 0 bridgehead atoms. The summed E-state index contributed by atoms with van der Waals surface area (Å²) in [5.41, 5.74) is 9.34. The number of nitrogen functional groups attached to an aromatic ring is 1. The van der Waals surface area contributed by atoms with E-state index >= 15 is 4.39 Å². The van der Waals surface area contributed by atoms with E-state index in [2.05, 4.69) is 25.0 Å². The van der Waals surface area contributed by atoms with Gasteiger partial charge in [-0.1, -0.05) is 0 Å². The molecule has 17 heteroatoms. The number of hydrogen-bond donors (Lipinski definition) is 4. The van der Waals surface area contributed by atoms with E-state index in [0.717, 1.165) is 6.07 Å². The number of halogens is 2. The first-order valence-electron chi connectivity index (χ1n) is 13.4. The van der Waals surface area contributed by atoms with Gasteiger partial charge in [0.15, 0.2) is 38.7 Å². The van der Waals surface area contributed by atoms with Crippen molar-refractivity contribution in [3.8, 4) is 17.0 Å². The quantitative estimate of drug-likeness (QED) is 0.129. The van der Waals surface area contributed by atoms with Gasteiger partial charge in [0, 0.05) is 49.0 Å². The average molecular weight is 594 g/mol. The van der Waals surface area contributed by atoms with Crippen LogP contribution in [0.1, 0.15) is 24.1 Å². The van der Waals surface area contributed by atoms with Crippen molar-refractivity contribution in [3.63, 3.8) is 0 Å². The van der Waals surface area contributed by atoms with E-state index in [9.17, 15) is 14.3 Å². The minimum absolute atomic E-state index is 0.0378. The van der Waals surface area contributed by atoms with Crippen molar-refractivity contribution in [1.82, 2.24) is 24.7 Å². The Balaban J connectivity index is 0.00000141. The zero-order valence-corrected chi connectivity index (χ0v) is 24.2. The predicted octanol–water partition coefficient (Wildman–Crippen LogP) is -0.159. The summed E-state index contributed by atoms with van der Waals surface area (Å²) in [6, 6.07) is 2.88. The van der Waals surface area contributed by atoms with Gasteiger partial charge in [0.05, 0.1) is 38.8 Å². The minimum atomic E-state index is -2.73. The Morgan fingerprint density at radius 3 is 2.48 bits per heavy atom. The van der Waals surface area contributed by atoms with Gasteiger partial charge in [0.25, 0.3) is 0 Å². The Hall–Kier alpha value is -3.94. The first-order valence-corrected chi connectivity index (χ1v) is 13.4. The van der Waals surface area contributed by atoms with Crippen LogP contribution >= 0.6 is 0 Å². The number of nitrogens with zero attached hydrogens (tertiary/aromatic N) is 5. The Morgan fingerprint density at radius 1 is 1.11 bits per heavy atom. The van der Waals surface area contributed by atoms with E-state index in [1.54, 1.807) is 10.6 Å². The zero-order valence-electron chi connectivity index (χ0n) is 24.2. The first-order chi connectivity index (χ1) is 20.6. The highest BCUT2D eigenvalue weighted by Crippen LogP contribution is 2.39. The molecule has 1 fully saturated rings. The third-order valence-electron chi connectivity index (χ3n) is 6.91. The number of pyridine rings is 1. The fourth-order valence-electron chi connectivity index (χ4n) is 4.96. The van der Waals surface area contributed by atoms with E-state index in [0.29, 0.717) is 48.8 Å². The number of nitrogens with one attached hydrogen (secondary N) is 1. The summed E-state index contributed by atoms with van der Waals surface area (Å²) in [5, 5.41) is 10.4. The number of aliphatic hydroxyl groups is 1. The van der Waals surface area contributed by atoms with Gasteiger partial charge in [0.2, 0.25) is 0 Å². The van der Waals surface area contributed by atoms with Crippen molar-refractivity contribution in [2.75, 3.05) is 37.8 Å². The van der Waals surface area contributed by atoms with Crippen LogP contribution in [0.25, 0.3) is 16.9 Å². The Bertz CT molecular complexity index is 1670. The molecule has 1 aliphatic heterocycles. The summed E-state index contributed by atoms with van der Waals surface area (Å²) in [6.07, 6.45) is 7.62. The molecule has 0 aliphatic carbocycles. The first kappa shape index (κ1) is 33.0. The highest BCUT2D eigenvalue weighted by molar-refractivity contribution is 6.42. The van der Waals surface area contributed by atoms with Crippen molar-refractivity contribution in [3.05, 3.63) is 65.9 Å². The van der Waals surface area contributed by atoms with Crippen LogP contribution in [0.4, 0.5) is 20.3 Å². The molecule has 4 aromatic rings. The van der Waals surface area contributed by atoms with Gasteiger partial charge in [-0.25, -0.2) is 18.7 Å². The smallest absolute Gasteiger partial charge is 0.180 e. The lowest BCUT2D eigenvalue weighted by Crippen LogP contribution is -2.56. The summed E-state index contributed by atoms with van der Waals surface area (Å²) in [6.45, 7) is 0.637. The van der Waals surface area contributed by atoms with Crippen LogP contribution in [0.3, 0.4) is 0 Å². The van der Waals surface area contributed by atoms with Gasteiger partial charge in [-0.05, 0) is 49.8 Å². The van der Waals surface area contributed by atoms with Gasteiger partial charge in [-0.15, -0.1) is 0 Å². The predicted molar refractivity (Wildman–Crippen MR) is 166 cm³/mol. The minimum Gasteiger partial charge on any atom is -0.478 e. The molecule has 6 N–H and O–H groups in total. The summed E-state index contributed by atoms with van der Waals surface area (Å²) in [7, 11) is 27.6. The maximum atomic E-state index is 15.2. The maximum absolute atomic E-state index is 15.2. The third-order valence-corrected chi connectivity index (χ3v) is 6.91. The van der Waals surface area contributed by atoms with Crippen molar-refractivity contribution in [2.24, 2.45) is 5.73 Å². The molecule has 1 saturated heterocycles. The fraction of sp³-hybridized carbons (Fsp3) is 0.333. The molecule has 4 heterocycles. The molecule has 3 aromatic heterocycles. The molecule has 0 saturated carbocycles. The van der Waals surface area contributed by atoms with Gasteiger partial charge < -0.3 is 40.7 Å². The Labute approximate surface area is 258 Å². The number of aromatic nitrogens is 4. The number of anilines is 2. The van der Waals surface area contributed by atoms with Crippen LogP contribution in [0, 0.1) is 11.6 Å². The molecule has 44 heavy (non-hydrogen) atoms. The number of carbonyl (C=O) groups excluding carboxylic acids is 1. The fourth-order valence-corrected chi connectivity index (χ4v) is 4.96. The number of imidazole rings is 1. The number of rotatable bonds is 7. The van der Waals surface area contributed by atoms with E-state index in [4.69, 9.17) is 42.9 Å². The number of carbonyl (C=O) groups is 1. The molecule has 8 radical (unpaired) electrons. The van der Waals surface area contributed by atoms with E-state index in [1.165, 1.54) is 24.7 Å². The number of fused-ring (bicyclic) bond motifs is 1. The molecule has 1 atom stereocenters. The van der Waals surface area contributed by atoms with E-state index in [-0.39, 0.29) is 29.2 Å². The SMILES string of the molecule is CNC.[B]C([B])(O)Oc1cc(F)c(-c2cc(C([B])([B])c3cnc4c(N)nccn34)c(N3CCCC(N)(C=O)C3)cn2)cc1F. The molecule has 0 spiro atoms. The molecule has 1 unspecified atom stereocenters. The van der Waals surface area contributed by atoms with Crippen molar-refractivity contribution >= 4 is 54.8 Å². The number of hydrogen-bond acceptors (Lipinski definition) is 10. The highest BCUT2D eigenvalue weighted by atomic mass is 19.1. The highest BCUT2D eigenvalue weighted by Gasteiger charge is 2.36. The molecule has 1 aliphatic rings. The largest absolute Gasteiger partial charge is 0.478 e. The lowest BCUT2D eigenvalue weighted by atomic mass is 9.49. The van der Waals surface area contributed by atoms with Crippen LogP contribution in [-0.4, -0.2) is 100 Å². The van der Waals surface area contributed by atoms with Crippen molar-refractivity contribution < 1.29 is 23.4 Å². The lowest BCUT2D eigenvalue weighted by molar-refractivity contribution is -0.112. The Morgan fingerprint density at radius 2 is 1.82 bits per heavy atom. The van der Waals surface area contributed by atoms with Crippen LogP contribution in [0.5, 0.6) is 5.75 Å².